The summed E-state index contributed by atoms with van der Waals surface area (Å²) in [5.74, 6) is 0.291. The van der Waals surface area contributed by atoms with Gasteiger partial charge in [0, 0.05) is 24.2 Å². The number of aryl methyl sites for hydroxylation is 1. The first-order chi connectivity index (χ1) is 10.8. The van der Waals surface area contributed by atoms with E-state index in [0.29, 0.717) is 12.1 Å². The van der Waals surface area contributed by atoms with Gasteiger partial charge in [0.15, 0.2) is 0 Å². The van der Waals surface area contributed by atoms with Crippen LogP contribution in [0.15, 0.2) is 18.2 Å². The van der Waals surface area contributed by atoms with Crippen LogP contribution in [-0.2, 0) is 22.4 Å². The number of hydrogen-bond donors (Lipinski definition) is 2. The Hall–Kier alpha value is -1.10. The van der Waals surface area contributed by atoms with Gasteiger partial charge in [-0.15, -0.1) is 12.4 Å². The first-order valence-corrected chi connectivity index (χ1v) is 8.58. The van der Waals surface area contributed by atoms with Crippen molar-refractivity contribution in [3.8, 4) is 0 Å². The van der Waals surface area contributed by atoms with Crippen LogP contribution in [0, 0.1) is 5.92 Å². The second kappa shape index (κ2) is 7.20. The van der Waals surface area contributed by atoms with Crippen molar-refractivity contribution in [1.82, 2.24) is 5.32 Å². The van der Waals surface area contributed by atoms with Crippen molar-refractivity contribution in [2.24, 2.45) is 5.92 Å². The highest BCUT2D eigenvalue weighted by atomic mass is 35.5. The first-order valence-electron chi connectivity index (χ1n) is 8.58. The minimum Gasteiger partial charge on any atom is -0.375 e. The summed E-state index contributed by atoms with van der Waals surface area (Å²) >= 11 is 0. The monoisotopic (exact) mass is 336 g/mol. The van der Waals surface area contributed by atoms with Crippen molar-refractivity contribution in [3.05, 3.63) is 29.3 Å². The molecule has 3 aliphatic rings. The highest BCUT2D eigenvalue weighted by Crippen LogP contribution is 2.32. The number of hydrogen-bond acceptors (Lipinski definition) is 3. The van der Waals surface area contributed by atoms with Crippen molar-refractivity contribution in [2.75, 3.05) is 18.5 Å². The molecular formula is C18H25ClN2O2. The summed E-state index contributed by atoms with van der Waals surface area (Å²) in [4.78, 5) is 12.7. The first kappa shape index (κ1) is 16.7. The predicted molar refractivity (Wildman–Crippen MR) is 93.2 cm³/mol. The molecule has 4 rings (SSSR count). The van der Waals surface area contributed by atoms with Gasteiger partial charge in [0.2, 0.25) is 5.91 Å². The molecule has 1 heterocycles. The van der Waals surface area contributed by atoms with E-state index in [2.05, 4.69) is 28.8 Å². The molecule has 4 nitrogen and oxygen atoms in total. The van der Waals surface area contributed by atoms with Crippen LogP contribution in [0.4, 0.5) is 5.69 Å². The quantitative estimate of drug-likeness (QED) is 0.873. The Labute approximate surface area is 143 Å². The van der Waals surface area contributed by atoms with E-state index in [1.165, 1.54) is 17.5 Å². The molecule has 0 radical (unpaired) electrons. The van der Waals surface area contributed by atoms with Gasteiger partial charge in [-0.2, -0.15) is 0 Å². The molecule has 1 aliphatic heterocycles. The highest BCUT2D eigenvalue weighted by Gasteiger charge is 2.36. The topological polar surface area (TPSA) is 50.4 Å². The van der Waals surface area contributed by atoms with E-state index in [-0.39, 0.29) is 24.2 Å². The molecule has 5 heteroatoms. The van der Waals surface area contributed by atoms with E-state index in [9.17, 15) is 4.79 Å². The van der Waals surface area contributed by atoms with Crippen molar-refractivity contribution in [1.29, 1.82) is 0 Å². The molecule has 1 saturated heterocycles. The average molecular weight is 337 g/mol. The minimum atomic E-state index is 0. The van der Waals surface area contributed by atoms with Crippen molar-refractivity contribution < 1.29 is 9.53 Å². The Bertz CT molecular complexity index is 578. The molecule has 1 aromatic carbocycles. The third kappa shape index (κ3) is 3.39. The molecule has 3 atom stereocenters. The van der Waals surface area contributed by atoms with Gasteiger partial charge in [0.05, 0.1) is 12.7 Å². The lowest BCUT2D eigenvalue weighted by Gasteiger charge is -2.39. The number of ether oxygens (including phenoxy) is 1. The Kier molecular flexibility index (Phi) is 5.24. The number of anilines is 1. The number of nitrogens with one attached hydrogen (secondary N) is 2. The second-order valence-corrected chi connectivity index (χ2v) is 6.77. The van der Waals surface area contributed by atoms with Crippen LogP contribution < -0.4 is 10.6 Å². The van der Waals surface area contributed by atoms with E-state index in [1.807, 2.05) is 0 Å². The van der Waals surface area contributed by atoms with Crippen LogP contribution in [-0.4, -0.2) is 31.2 Å². The van der Waals surface area contributed by atoms with Crippen molar-refractivity contribution >= 4 is 24.0 Å². The predicted octanol–water partition coefficient (Wildman–Crippen LogP) is 2.69. The molecule has 0 unspecified atom stereocenters. The third-order valence-electron chi connectivity index (χ3n) is 5.40. The zero-order chi connectivity index (χ0) is 14.9. The molecule has 126 valence electrons. The molecule has 1 aromatic rings. The largest absolute Gasteiger partial charge is 0.375 e. The lowest BCUT2D eigenvalue weighted by Crippen LogP contribution is -2.52. The SMILES string of the molecule is Cl.O=C(Nc1cccc2c1CCC2)[C@H]1CC[C@H]2OCCN[C@@H]2C1. The fraction of sp³-hybridized carbons (Fsp3) is 0.611. The average Bonchev–Trinajstić information content (AvgIpc) is 3.04. The molecule has 1 amide bonds. The van der Waals surface area contributed by atoms with E-state index in [4.69, 9.17) is 4.74 Å². The number of morpholine rings is 1. The van der Waals surface area contributed by atoms with Crippen LogP contribution in [0.5, 0.6) is 0 Å². The molecule has 0 spiro atoms. The minimum absolute atomic E-state index is 0. The summed E-state index contributed by atoms with van der Waals surface area (Å²) in [5, 5.41) is 6.71. The Morgan fingerprint density at radius 1 is 1.26 bits per heavy atom. The summed E-state index contributed by atoms with van der Waals surface area (Å²) in [7, 11) is 0. The Morgan fingerprint density at radius 3 is 3.09 bits per heavy atom. The smallest absolute Gasteiger partial charge is 0.227 e. The van der Waals surface area contributed by atoms with Gasteiger partial charge < -0.3 is 15.4 Å². The third-order valence-corrected chi connectivity index (χ3v) is 5.40. The molecule has 23 heavy (non-hydrogen) atoms. The lowest BCUT2D eigenvalue weighted by molar-refractivity contribution is -0.123. The van der Waals surface area contributed by atoms with E-state index in [1.54, 1.807) is 0 Å². The maximum absolute atomic E-state index is 12.7. The molecular weight excluding hydrogens is 312 g/mol. The van der Waals surface area contributed by atoms with Crippen LogP contribution in [0.1, 0.15) is 36.8 Å². The Morgan fingerprint density at radius 2 is 2.17 bits per heavy atom. The normalized spacial score (nSPS) is 29.1. The van der Waals surface area contributed by atoms with Gasteiger partial charge in [-0.1, -0.05) is 12.1 Å². The molecule has 2 fully saturated rings. The molecule has 2 N–H and O–H groups in total. The fourth-order valence-corrected chi connectivity index (χ4v) is 4.22. The summed E-state index contributed by atoms with van der Waals surface area (Å²) in [6, 6.07) is 6.65. The summed E-state index contributed by atoms with van der Waals surface area (Å²) in [6.07, 6.45) is 6.57. The molecule has 0 bridgehead atoms. The van der Waals surface area contributed by atoms with E-state index >= 15 is 0 Å². The van der Waals surface area contributed by atoms with E-state index in [0.717, 1.165) is 50.9 Å². The van der Waals surface area contributed by atoms with Gasteiger partial charge in [-0.3, -0.25) is 4.79 Å². The number of rotatable bonds is 2. The number of benzene rings is 1. The number of fused-ring (bicyclic) bond motifs is 2. The van der Waals surface area contributed by atoms with E-state index < -0.39 is 0 Å². The molecule has 1 saturated carbocycles. The standard InChI is InChI=1S/C18H24N2O2.ClH/c21-18(13-7-8-17-16(11-13)19-9-10-22-17)20-15-6-2-4-12-3-1-5-14(12)15;/h2,4,6,13,16-17,19H,1,3,5,7-11H2,(H,20,21);1H/t13-,16+,17+;/m0./s1. The summed E-state index contributed by atoms with van der Waals surface area (Å²) in [6.45, 7) is 1.70. The van der Waals surface area contributed by atoms with Crippen LogP contribution in [0.2, 0.25) is 0 Å². The maximum Gasteiger partial charge on any atom is 0.227 e. The summed E-state index contributed by atoms with van der Waals surface area (Å²) < 4.78 is 5.79. The summed E-state index contributed by atoms with van der Waals surface area (Å²) in [5.41, 5.74) is 3.79. The second-order valence-electron chi connectivity index (χ2n) is 6.77. The molecule has 0 aromatic heterocycles. The van der Waals surface area contributed by atoms with Gasteiger partial charge in [0.1, 0.15) is 0 Å². The molecule has 2 aliphatic carbocycles. The lowest BCUT2D eigenvalue weighted by atomic mass is 9.82. The van der Waals surface area contributed by atoms with Crippen LogP contribution in [0.25, 0.3) is 0 Å². The van der Waals surface area contributed by atoms with Crippen LogP contribution >= 0.6 is 12.4 Å². The number of halogens is 1. The maximum atomic E-state index is 12.7. The van der Waals surface area contributed by atoms with Gasteiger partial charge in [-0.25, -0.2) is 0 Å². The fourth-order valence-electron chi connectivity index (χ4n) is 4.22. The van der Waals surface area contributed by atoms with Crippen molar-refractivity contribution in [2.45, 2.75) is 50.7 Å². The zero-order valence-electron chi connectivity index (χ0n) is 13.3. The number of amides is 1. The zero-order valence-corrected chi connectivity index (χ0v) is 14.2. The van der Waals surface area contributed by atoms with Crippen molar-refractivity contribution in [3.63, 3.8) is 0 Å². The number of carbonyl (C=O) groups is 1. The van der Waals surface area contributed by atoms with Gasteiger partial charge in [0.25, 0.3) is 0 Å². The number of carbonyl (C=O) groups excluding carboxylic acids is 1. The highest BCUT2D eigenvalue weighted by molar-refractivity contribution is 5.93. The van der Waals surface area contributed by atoms with Gasteiger partial charge in [-0.05, 0) is 55.7 Å². The Balaban J connectivity index is 0.00000156. The van der Waals surface area contributed by atoms with Gasteiger partial charge >= 0.3 is 0 Å². The van der Waals surface area contributed by atoms with Crippen LogP contribution in [0.3, 0.4) is 0 Å².